The molecule has 6 nitrogen and oxygen atoms in total. The number of hydrogen-bond donors (Lipinski definition) is 2. The molecule has 0 aromatic carbocycles. The number of fused-ring (bicyclic) bond motifs is 1. The summed E-state index contributed by atoms with van der Waals surface area (Å²) in [5.74, 6) is 0.456. The van der Waals surface area contributed by atoms with Crippen molar-refractivity contribution in [1.82, 2.24) is 15.2 Å². The number of ketones is 1. The Balaban J connectivity index is 1.72. The molecule has 1 saturated heterocycles. The van der Waals surface area contributed by atoms with Gasteiger partial charge < -0.3 is 15.0 Å². The number of carbonyl (C=O) groups excluding carboxylic acids is 2. The number of hydrogen-bond acceptors (Lipinski definition) is 4. The van der Waals surface area contributed by atoms with Gasteiger partial charge in [-0.2, -0.15) is 0 Å². The van der Waals surface area contributed by atoms with E-state index in [0.29, 0.717) is 24.6 Å². The van der Waals surface area contributed by atoms with E-state index in [4.69, 9.17) is 4.74 Å². The molecule has 2 N–H and O–H groups in total. The summed E-state index contributed by atoms with van der Waals surface area (Å²) < 4.78 is 5.45. The molecular weight excluding hydrogens is 342 g/mol. The first-order chi connectivity index (χ1) is 12.7. The van der Waals surface area contributed by atoms with Crippen molar-refractivity contribution in [3.8, 4) is 0 Å². The summed E-state index contributed by atoms with van der Waals surface area (Å²) in [6.45, 7) is 14.3. The Hall–Kier alpha value is -1.66. The molecule has 1 aliphatic heterocycles. The minimum absolute atomic E-state index is 0.0613. The average Bonchev–Trinajstić information content (AvgIpc) is 2.91. The predicted octanol–water partition coefficient (Wildman–Crippen LogP) is 2.56. The average molecular weight is 376 g/mol. The van der Waals surface area contributed by atoms with Gasteiger partial charge in [0.2, 0.25) is 0 Å². The third-order valence-electron chi connectivity index (χ3n) is 5.88. The third kappa shape index (κ3) is 4.27. The molecule has 6 heteroatoms. The van der Waals surface area contributed by atoms with Crippen molar-refractivity contribution in [2.24, 2.45) is 11.3 Å². The molecule has 0 saturated carbocycles. The van der Waals surface area contributed by atoms with Crippen LogP contribution < -0.4 is 5.32 Å². The maximum Gasteiger partial charge on any atom is 0.268 e. The van der Waals surface area contributed by atoms with E-state index >= 15 is 0 Å². The lowest BCUT2D eigenvalue weighted by Gasteiger charge is -2.36. The topological polar surface area (TPSA) is 74.4 Å². The Bertz CT molecular complexity index is 714. The van der Waals surface area contributed by atoms with Gasteiger partial charge in [0.05, 0.1) is 13.2 Å². The lowest BCUT2D eigenvalue weighted by Crippen LogP contribution is -2.51. The second-order valence-electron chi connectivity index (χ2n) is 9.09. The highest BCUT2D eigenvalue weighted by Gasteiger charge is 2.35. The van der Waals surface area contributed by atoms with Crippen LogP contribution >= 0.6 is 0 Å². The van der Waals surface area contributed by atoms with Crippen LogP contribution in [0.5, 0.6) is 0 Å². The van der Waals surface area contributed by atoms with Gasteiger partial charge >= 0.3 is 0 Å². The van der Waals surface area contributed by atoms with Crippen LogP contribution in [0.15, 0.2) is 0 Å². The lowest BCUT2D eigenvalue weighted by atomic mass is 9.75. The third-order valence-corrected chi connectivity index (χ3v) is 5.88. The summed E-state index contributed by atoms with van der Waals surface area (Å²) in [5, 5.41) is 3.10. The number of carbonyl (C=O) groups is 2. The van der Waals surface area contributed by atoms with Gasteiger partial charge in [0.1, 0.15) is 5.69 Å². The molecule has 150 valence electrons. The van der Waals surface area contributed by atoms with E-state index in [-0.39, 0.29) is 23.1 Å². The van der Waals surface area contributed by atoms with E-state index in [2.05, 4.69) is 42.9 Å². The van der Waals surface area contributed by atoms with Crippen molar-refractivity contribution in [3.05, 3.63) is 22.5 Å². The number of H-pyrrole nitrogens is 1. The highest BCUT2D eigenvalue weighted by molar-refractivity contribution is 6.04. The molecule has 0 radical (unpaired) electrons. The standard InChI is InChI=1S/C21H33N3O3/c1-13(2)16(24-6-8-27-9-7-24)12-22-20(26)19-14(3)18-15(23-19)10-21(4,5)11-17(18)25/h13,16,23H,6-12H2,1-5H3,(H,22,26)/t16-/m1/s1. The van der Waals surface area contributed by atoms with E-state index in [1.807, 2.05) is 6.92 Å². The molecule has 27 heavy (non-hydrogen) atoms. The minimum atomic E-state index is -0.119. The maximum atomic E-state index is 12.9. The SMILES string of the molecule is Cc1c(C(=O)NC[C@H](C(C)C)N2CCOCC2)[nH]c2c1C(=O)CC(C)(C)C2. The molecule has 2 aliphatic rings. The van der Waals surface area contributed by atoms with Crippen LogP contribution in [-0.4, -0.2) is 60.5 Å². The first kappa shape index (κ1) is 20.1. The predicted molar refractivity (Wildman–Crippen MR) is 105 cm³/mol. The van der Waals surface area contributed by atoms with E-state index < -0.39 is 0 Å². The van der Waals surface area contributed by atoms with E-state index in [0.717, 1.165) is 49.5 Å². The van der Waals surface area contributed by atoms with Gasteiger partial charge in [-0.15, -0.1) is 0 Å². The first-order valence-corrected chi connectivity index (χ1v) is 10.0. The van der Waals surface area contributed by atoms with E-state index in [1.54, 1.807) is 0 Å². The zero-order chi connectivity index (χ0) is 19.8. The normalized spacial score (nSPS) is 21.2. The number of ether oxygens (including phenoxy) is 1. The molecule has 1 aliphatic carbocycles. The quantitative estimate of drug-likeness (QED) is 0.829. The summed E-state index contributed by atoms with van der Waals surface area (Å²) >= 11 is 0. The summed E-state index contributed by atoms with van der Waals surface area (Å²) in [6, 6.07) is 0.281. The lowest BCUT2D eigenvalue weighted by molar-refractivity contribution is 0.00671. The zero-order valence-electron chi connectivity index (χ0n) is 17.3. The monoisotopic (exact) mass is 375 g/mol. The zero-order valence-corrected chi connectivity index (χ0v) is 17.3. The fraction of sp³-hybridized carbons (Fsp3) is 0.714. The van der Waals surface area contributed by atoms with Gasteiger partial charge in [0.25, 0.3) is 5.91 Å². The van der Waals surface area contributed by atoms with Crippen molar-refractivity contribution in [2.45, 2.75) is 53.5 Å². The molecule has 2 heterocycles. The minimum Gasteiger partial charge on any atom is -0.379 e. The molecule has 0 spiro atoms. The molecule has 1 aromatic heterocycles. The molecule has 3 rings (SSSR count). The molecule has 1 fully saturated rings. The van der Waals surface area contributed by atoms with E-state index in [1.165, 1.54) is 0 Å². The summed E-state index contributed by atoms with van der Waals surface area (Å²) in [6.07, 6.45) is 1.33. The number of nitrogens with zero attached hydrogens (tertiary/aromatic N) is 1. The Morgan fingerprint density at radius 3 is 2.56 bits per heavy atom. The van der Waals surface area contributed by atoms with Gasteiger partial charge in [-0.25, -0.2) is 0 Å². The molecular formula is C21H33N3O3. The number of morpholine rings is 1. The Morgan fingerprint density at radius 1 is 1.26 bits per heavy atom. The number of aromatic nitrogens is 1. The van der Waals surface area contributed by atoms with Gasteiger partial charge in [0, 0.05) is 43.4 Å². The molecule has 0 bridgehead atoms. The van der Waals surface area contributed by atoms with Crippen molar-refractivity contribution in [3.63, 3.8) is 0 Å². The highest BCUT2D eigenvalue weighted by atomic mass is 16.5. The maximum absolute atomic E-state index is 12.9. The van der Waals surface area contributed by atoms with Gasteiger partial charge in [-0.1, -0.05) is 27.7 Å². The van der Waals surface area contributed by atoms with Crippen LogP contribution in [0.3, 0.4) is 0 Å². The fourth-order valence-corrected chi connectivity index (χ4v) is 4.44. The highest BCUT2D eigenvalue weighted by Crippen LogP contribution is 2.36. The largest absolute Gasteiger partial charge is 0.379 e. The van der Waals surface area contributed by atoms with Crippen LogP contribution in [0.4, 0.5) is 0 Å². The van der Waals surface area contributed by atoms with Crippen LogP contribution in [-0.2, 0) is 11.2 Å². The Kier molecular flexibility index (Phi) is 5.77. The second kappa shape index (κ2) is 7.76. The summed E-state index contributed by atoms with van der Waals surface area (Å²) in [5.41, 5.74) is 2.90. The number of Topliss-reactive ketones (excluding diaryl/α,β-unsaturated/α-hetero) is 1. The fourth-order valence-electron chi connectivity index (χ4n) is 4.44. The van der Waals surface area contributed by atoms with Crippen molar-refractivity contribution < 1.29 is 14.3 Å². The Labute approximate surface area is 162 Å². The Morgan fingerprint density at radius 2 is 1.93 bits per heavy atom. The van der Waals surface area contributed by atoms with Crippen LogP contribution in [0, 0.1) is 18.3 Å². The summed E-state index contributed by atoms with van der Waals surface area (Å²) in [4.78, 5) is 31.1. The van der Waals surface area contributed by atoms with Gasteiger partial charge in [-0.3, -0.25) is 14.5 Å². The second-order valence-corrected chi connectivity index (χ2v) is 9.09. The van der Waals surface area contributed by atoms with Crippen molar-refractivity contribution in [1.29, 1.82) is 0 Å². The van der Waals surface area contributed by atoms with Crippen LogP contribution in [0.2, 0.25) is 0 Å². The van der Waals surface area contributed by atoms with E-state index in [9.17, 15) is 9.59 Å². The number of rotatable bonds is 5. The van der Waals surface area contributed by atoms with Gasteiger partial charge in [0.15, 0.2) is 5.78 Å². The number of amides is 1. The van der Waals surface area contributed by atoms with Crippen molar-refractivity contribution >= 4 is 11.7 Å². The van der Waals surface area contributed by atoms with Crippen molar-refractivity contribution in [2.75, 3.05) is 32.8 Å². The molecule has 1 amide bonds. The van der Waals surface area contributed by atoms with Crippen LogP contribution in [0.25, 0.3) is 0 Å². The smallest absolute Gasteiger partial charge is 0.268 e. The summed E-state index contributed by atoms with van der Waals surface area (Å²) in [7, 11) is 0. The number of nitrogens with one attached hydrogen (secondary N) is 2. The molecule has 1 atom stereocenters. The van der Waals surface area contributed by atoms with Gasteiger partial charge in [-0.05, 0) is 30.2 Å². The number of aromatic amines is 1. The molecule has 1 aromatic rings. The first-order valence-electron chi connectivity index (χ1n) is 10.0. The molecule has 0 unspecified atom stereocenters. The van der Waals surface area contributed by atoms with Crippen LogP contribution in [0.1, 0.15) is 66.2 Å².